The van der Waals surface area contributed by atoms with Gasteiger partial charge in [-0.25, -0.2) is 8.42 Å². The molecule has 9 heteroatoms. The normalized spacial score (nSPS) is 18.2. The van der Waals surface area contributed by atoms with Crippen molar-refractivity contribution in [2.24, 2.45) is 0 Å². The molecule has 2 N–H and O–H groups in total. The van der Waals surface area contributed by atoms with E-state index >= 15 is 0 Å². The van der Waals surface area contributed by atoms with Crippen LogP contribution in [0.4, 0.5) is 5.69 Å². The minimum atomic E-state index is -4.05. The maximum absolute atomic E-state index is 12.5. The third-order valence-electron chi connectivity index (χ3n) is 3.85. The average molecular weight is 370 g/mol. The number of hydrogen-bond donors (Lipinski definition) is 2. The number of carbonyl (C=O) groups is 2. The van der Waals surface area contributed by atoms with Crippen LogP contribution in [0.5, 0.6) is 5.75 Å². The van der Waals surface area contributed by atoms with E-state index in [9.17, 15) is 18.0 Å². The number of carboxylic acids is 1. The number of nitrogens with zero attached hydrogens (tertiary/aromatic N) is 1. The van der Waals surface area contributed by atoms with E-state index in [4.69, 9.17) is 9.84 Å². The quantitative estimate of drug-likeness (QED) is 0.781. The molecule has 2 atom stereocenters. The van der Waals surface area contributed by atoms with Crippen LogP contribution in [0.15, 0.2) is 23.1 Å². The first-order chi connectivity index (χ1) is 11.7. The lowest BCUT2D eigenvalue weighted by Gasteiger charge is -2.33. The zero-order chi connectivity index (χ0) is 18.8. The number of benzene rings is 1. The molecule has 2 unspecified atom stereocenters. The summed E-state index contributed by atoms with van der Waals surface area (Å²) in [5, 5.41) is 9.15. The highest BCUT2D eigenvalue weighted by Crippen LogP contribution is 2.35. The van der Waals surface area contributed by atoms with Gasteiger partial charge in [-0.05, 0) is 31.5 Å². The Labute approximate surface area is 146 Å². The van der Waals surface area contributed by atoms with Crippen LogP contribution in [0.2, 0.25) is 0 Å². The molecule has 1 aromatic rings. The van der Waals surface area contributed by atoms with Crippen molar-refractivity contribution in [1.29, 1.82) is 0 Å². The monoisotopic (exact) mass is 370 g/mol. The lowest BCUT2D eigenvalue weighted by atomic mass is 10.2. The number of aliphatic carboxylic acids is 1. The fraction of sp³-hybridized carbons (Fsp3) is 0.500. The van der Waals surface area contributed by atoms with Gasteiger partial charge in [-0.3, -0.25) is 9.59 Å². The number of carboxylic acid groups (broad SMARTS) is 1. The Morgan fingerprint density at radius 3 is 2.68 bits per heavy atom. The van der Waals surface area contributed by atoms with Gasteiger partial charge in [0, 0.05) is 6.92 Å². The molecule has 1 aliphatic heterocycles. The Morgan fingerprint density at radius 2 is 2.12 bits per heavy atom. The number of amides is 1. The van der Waals surface area contributed by atoms with Crippen molar-refractivity contribution in [2.75, 3.05) is 11.4 Å². The van der Waals surface area contributed by atoms with Gasteiger partial charge in [-0.15, -0.1) is 0 Å². The molecule has 0 spiro atoms. The van der Waals surface area contributed by atoms with Gasteiger partial charge in [0.25, 0.3) is 0 Å². The summed E-state index contributed by atoms with van der Waals surface area (Å²) in [5.41, 5.74) is 0.357. The van der Waals surface area contributed by atoms with Gasteiger partial charge in [0.1, 0.15) is 17.9 Å². The molecule has 0 saturated carbocycles. The molecule has 1 aliphatic rings. The Hall–Kier alpha value is -2.13. The van der Waals surface area contributed by atoms with E-state index in [1.54, 1.807) is 6.92 Å². The molecule has 0 bridgehead atoms. The summed E-state index contributed by atoms with van der Waals surface area (Å²) in [5.74, 6) is -1.05. The molecule has 8 nitrogen and oxygen atoms in total. The molecular formula is C16H22N2O6S. The third kappa shape index (κ3) is 4.29. The fourth-order valence-electron chi connectivity index (χ4n) is 2.66. The molecule has 2 rings (SSSR count). The van der Waals surface area contributed by atoms with E-state index in [1.807, 2.05) is 6.92 Å². The van der Waals surface area contributed by atoms with Gasteiger partial charge in [0.2, 0.25) is 15.9 Å². The number of fused-ring (bicyclic) bond motifs is 1. The van der Waals surface area contributed by atoms with Crippen LogP contribution in [0.25, 0.3) is 0 Å². The lowest BCUT2D eigenvalue weighted by molar-refractivity contribution is -0.139. The van der Waals surface area contributed by atoms with Gasteiger partial charge in [-0.1, -0.05) is 13.3 Å². The van der Waals surface area contributed by atoms with Crippen LogP contribution in [-0.4, -0.2) is 44.1 Å². The van der Waals surface area contributed by atoms with E-state index in [2.05, 4.69) is 4.72 Å². The first-order valence-electron chi connectivity index (χ1n) is 7.99. The second-order valence-corrected chi connectivity index (χ2v) is 7.70. The second kappa shape index (κ2) is 7.40. The maximum Gasteiger partial charge on any atom is 0.321 e. The molecule has 0 radical (unpaired) electrons. The van der Waals surface area contributed by atoms with Crippen molar-refractivity contribution in [1.82, 2.24) is 4.72 Å². The fourth-order valence-corrected chi connectivity index (χ4v) is 3.90. The van der Waals surface area contributed by atoms with Crippen LogP contribution in [0.3, 0.4) is 0 Å². The van der Waals surface area contributed by atoms with Gasteiger partial charge in [0.05, 0.1) is 17.1 Å². The molecule has 1 amide bonds. The van der Waals surface area contributed by atoms with Crippen molar-refractivity contribution in [2.45, 2.75) is 50.7 Å². The highest BCUT2D eigenvalue weighted by Gasteiger charge is 2.29. The van der Waals surface area contributed by atoms with Crippen molar-refractivity contribution >= 4 is 27.6 Å². The van der Waals surface area contributed by atoms with Crippen molar-refractivity contribution < 1.29 is 27.9 Å². The highest BCUT2D eigenvalue weighted by molar-refractivity contribution is 7.89. The largest absolute Gasteiger partial charge is 0.487 e. The number of hydrogen-bond acceptors (Lipinski definition) is 5. The van der Waals surface area contributed by atoms with Crippen LogP contribution in [0.1, 0.15) is 33.6 Å². The summed E-state index contributed by atoms with van der Waals surface area (Å²) < 4.78 is 32.9. The zero-order valence-corrected chi connectivity index (χ0v) is 15.2. The summed E-state index contributed by atoms with van der Waals surface area (Å²) in [7, 11) is -4.05. The molecule has 0 saturated heterocycles. The van der Waals surface area contributed by atoms with Crippen LogP contribution in [0, 0.1) is 0 Å². The predicted octanol–water partition coefficient (Wildman–Crippen LogP) is 1.35. The smallest absolute Gasteiger partial charge is 0.321 e. The first kappa shape index (κ1) is 19.2. The molecule has 138 valence electrons. The predicted molar refractivity (Wildman–Crippen MR) is 91.2 cm³/mol. The van der Waals surface area contributed by atoms with Gasteiger partial charge >= 0.3 is 5.97 Å². The van der Waals surface area contributed by atoms with E-state index < -0.39 is 22.0 Å². The number of ether oxygens (including phenoxy) is 1. The van der Waals surface area contributed by atoms with Crippen LogP contribution < -0.4 is 14.4 Å². The third-order valence-corrected chi connectivity index (χ3v) is 5.32. The summed E-state index contributed by atoms with van der Waals surface area (Å²) >= 11 is 0. The van der Waals surface area contributed by atoms with E-state index in [1.165, 1.54) is 30.0 Å². The van der Waals surface area contributed by atoms with Crippen molar-refractivity contribution in [3.63, 3.8) is 0 Å². The van der Waals surface area contributed by atoms with E-state index in [-0.39, 0.29) is 23.3 Å². The zero-order valence-electron chi connectivity index (χ0n) is 14.4. The van der Waals surface area contributed by atoms with Gasteiger partial charge < -0.3 is 14.7 Å². The molecule has 1 heterocycles. The van der Waals surface area contributed by atoms with Crippen molar-refractivity contribution in [3.8, 4) is 5.75 Å². The highest BCUT2D eigenvalue weighted by atomic mass is 32.2. The standard InChI is InChI=1S/C16H22N2O6S/c1-4-5-13(16(20)21)17-25(22,23)12-6-7-15-14(8-12)18(11(3)19)9-10(2)24-15/h6-8,10,13,17H,4-5,9H2,1-3H3,(H,20,21). The average Bonchev–Trinajstić information content (AvgIpc) is 2.52. The molecular weight excluding hydrogens is 348 g/mol. The Balaban J connectivity index is 2.38. The Bertz CT molecular complexity index is 777. The minimum Gasteiger partial charge on any atom is -0.487 e. The number of carbonyl (C=O) groups excluding carboxylic acids is 1. The number of sulfonamides is 1. The molecule has 0 aromatic heterocycles. The second-order valence-electron chi connectivity index (χ2n) is 5.99. The van der Waals surface area contributed by atoms with E-state index in [0.717, 1.165) is 0 Å². The van der Waals surface area contributed by atoms with Crippen molar-refractivity contribution in [3.05, 3.63) is 18.2 Å². The van der Waals surface area contributed by atoms with Crippen LogP contribution >= 0.6 is 0 Å². The van der Waals surface area contributed by atoms with Crippen LogP contribution in [-0.2, 0) is 19.6 Å². The molecule has 0 aliphatic carbocycles. The molecule has 1 aromatic carbocycles. The van der Waals surface area contributed by atoms with Gasteiger partial charge in [0.15, 0.2) is 0 Å². The summed E-state index contributed by atoms with van der Waals surface area (Å²) in [6, 6.07) is 2.94. The summed E-state index contributed by atoms with van der Waals surface area (Å²) in [6.07, 6.45) is 0.491. The topological polar surface area (TPSA) is 113 Å². The molecule has 0 fully saturated rings. The lowest BCUT2D eigenvalue weighted by Crippen LogP contribution is -2.42. The summed E-state index contributed by atoms with van der Waals surface area (Å²) in [4.78, 5) is 24.4. The molecule has 25 heavy (non-hydrogen) atoms. The Kier molecular flexibility index (Phi) is 5.69. The van der Waals surface area contributed by atoms with Gasteiger partial charge in [-0.2, -0.15) is 4.72 Å². The number of rotatable bonds is 6. The Morgan fingerprint density at radius 1 is 1.44 bits per heavy atom. The summed E-state index contributed by atoms with van der Waals surface area (Å²) in [6.45, 7) is 5.29. The van der Waals surface area contributed by atoms with E-state index in [0.29, 0.717) is 24.4 Å². The first-order valence-corrected chi connectivity index (χ1v) is 9.48. The minimum absolute atomic E-state index is 0.113. The maximum atomic E-state index is 12.5. The SMILES string of the molecule is CCCC(NS(=O)(=O)c1ccc2c(c1)N(C(C)=O)CC(C)O2)C(=O)O. The number of nitrogens with one attached hydrogen (secondary N) is 1. The number of anilines is 1.